The van der Waals surface area contributed by atoms with Crippen molar-refractivity contribution in [2.24, 2.45) is 5.73 Å². The first-order valence-corrected chi connectivity index (χ1v) is 6.96. The highest BCUT2D eigenvalue weighted by atomic mass is 19.1. The molecule has 0 spiro atoms. The molecule has 0 aromatic heterocycles. The molecule has 4 heteroatoms. The molecule has 0 fully saturated rings. The molecule has 1 atom stereocenters. The summed E-state index contributed by atoms with van der Waals surface area (Å²) in [6, 6.07) is 14.1. The number of nitrogens with one attached hydrogen (secondary N) is 1. The summed E-state index contributed by atoms with van der Waals surface area (Å²) in [6.45, 7) is 2.13. The number of hydrogen-bond acceptors (Lipinski definition) is 2. The van der Waals surface area contributed by atoms with Crippen molar-refractivity contribution in [2.45, 2.75) is 19.4 Å². The maximum atomic E-state index is 13.4. The van der Waals surface area contributed by atoms with Gasteiger partial charge < -0.3 is 5.73 Å². The van der Waals surface area contributed by atoms with E-state index in [1.807, 2.05) is 30.3 Å². The minimum atomic E-state index is -0.443. The lowest BCUT2D eigenvalue weighted by molar-refractivity contribution is -0.117. The maximum Gasteiger partial charge on any atom is 0.231 e. The molecule has 0 heterocycles. The number of halogens is 1. The van der Waals surface area contributed by atoms with Crippen LogP contribution in [0.2, 0.25) is 0 Å². The lowest BCUT2D eigenvalue weighted by atomic mass is 9.97. The third kappa shape index (κ3) is 4.13. The Kier molecular flexibility index (Phi) is 5.06. The molecule has 2 aromatic rings. The van der Waals surface area contributed by atoms with Gasteiger partial charge in [0.25, 0.3) is 0 Å². The van der Waals surface area contributed by atoms with E-state index in [-0.39, 0.29) is 18.4 Å². The minimum absolute atomic E-state index is 0.0384. The maximum absolute atomic E-state index is 13.4. The summed E-state index contributed by atoms with van der Waals surface area (Å²) in [5, 5.41) is 3.08. The van der Waals surface area contributed by atoms with Crippen LogP contribution in [0.1, 0.15) is 29.7 Å². The highest BCUT2D eigenvalue weighted by molar-refractivity contribution is 5.76. The molecule has 0 aliphatic rings. The summed E-state index contributed by atoms with van der Waals surface area (Å²) < 4.78 is 13.4. The molecular formula is C17H19FN2O. The summed E-state index contributed by atoms with van der Waals surface area (Å²) in [6.07, 6.45) is 0.958. The van der Waals surface area contributed by atoms with Crippen molar-refractivity contribution in [1.82, 2.24) is 5.32 Å². The van der Waals surface area contributed by atoms with E-state index in [9.17, 15) is 9.18 Å². The van der Waals surface area contributed by atoms with Crippen LogP contribution >= 0.6 is 0 Å². The van der Waals surface area contributed by atoms with Crippen LogP contribution in [0.15, 0.2) is 48.5 Å². The lowest BCUT2D eigenvalue weighted by Crippen LogP contribution is -2.32. The average molecular weight is 286 g/mol. The van der Waals surface area contributed by atoms with Crippen LogP contribution in [0.25, 0.3) is 0 Å². The molecule has 0 saturated heterocycles. The second-order valence-corrected chi connectivity index (χ2v) is 4.93. The summed E-state index contributed by atoms with van der Waals surface area (Å²) in [5.41, 5.74) is 8.16. The van der Waals surface area contributed by atoms with E-state index in [0.29, 0.717) is 0 Å². The van der Waals surface area contributed by atoms with Gasteiger partial charge in [0.15, 0.2) is 0 Å². The Morgan fingerprint density at radius 3 is 2.48 bits per heavy atom. The van der Waals surface area contributed by atoms with Gasteiger partial charge in [0, 0.05) is 0 Å². The third-order valence-corrected chi connectivity index (χ3v) is 3.38. The standard InChI is InChI=1S/C17H19FN2O/c1-2-12-6-8-13(9-7-12)17(20-11-16(19)21)14-4-3-5-15(18)10-14/h3-10,17,20H,2,11H2,1H3,(H2,19,21)/t17-/m1/s1. The fourth-order valence-corrected chi connectivity index (χ4v) is 2.26. The number of amides is 1. The largest absolute Gasteiger partial charge is 0.369 e. The normalized spacial score (nSPS) is 12.1. The van der Waals surface area contributed by atoms with Crippen LogP contribution in [-0.2, 0) is 11.2 Å². The van der Waals surface area contributed by atoms with Gasteiger partial charge in [0.2, 0.25) is 5.91 Å². The molecule has 3 nitrogen and oxygen atoms in total. The predicted molar refractivity (Wildman–Crippen MR) is 81.3 cm³/mol. The molecule has 0 aliphatic carbocycles. The first-order chi connectivity index (χ1) is 10.1. The van der Waals surface area contributed by atoms with Crippen LogP contribution in [0, 0.1) is 5.82 Å². The number of carbonyl (C=O) groups is 1. The van der Waals surface area contributed by atoms with Crippen molar-refractivity contribution in [3.8, 4) is 0 Å². The molecule has 0 aliphatic heterocycles. The van der Waals surface area contributed by atoms with Gasteiger partial charge in [-0.05, 0) is 35.2 Å². The van der Waals surface area contributed by atoms with E-state index < -0.39 is 5.91 Å². The van der Waals surface area contributed by atoms with Gasteiger partial charge >= 0.3 is 0 Å². The number of aryl methyl sites for hydroxylation is 1. The van der Waals surface area contributed by atoms with Crippen LogP contribution in [-0.4, -0.2) is 12.5 Å². The van der Waals surface area contributed by atoms with E-state index in [1.54, 1.807) is 6.07 Å². The Labute approximate surface area is 124 Å². The van der Waals surface area contributed by atoms with Gasteiger partial charge in [-0.1, -0.05) is 43.3 Å². The highest BCUT2D eigenvalue weighted by Gasteiger charge is 2.15. The Balaban J connectivity index is 2.32. The molecule has 0 unspecified atom stereocenters. The van der Waals surface area contributed by atoms with E-state index in [0.717, 1.165) is 17.5 Å². The second kappa shape index (κ2) is 6.99. The number of hydrogen-bond donors (Lipinski definition) is 2. The van der Waals surface area contributed by atoms with Crippen LogP contribution in [0.4, 0.5) is 4.39 Å². The number of nitrogens with two attached hydrogens (primary N) is 1. The van der Waals surface area contributed by atoms with Crippen molar-refractivity contribution in [1.29, 1.82) is 0 Å². The molecule has 2 aromatic carbocycles. The zero-order chi connectivity index (χ0) is 15.2. The number of primary amides is 1. The van der Waals surface area contributed by atoms with E-state index in [1.165, 1.54) is 17.7 Å². The predicted octanol–water partition coefficient (Wildman–Crippen LogP) is 2.55. The fourth-order valence-electron chi connectivity index (χ4n) is 2.26. The van der Waals surface area contributed by atoms with Gasteiger partial charge in [-0.2, -0.15) is 0 Å². The number of benzene rings is 2. The van der Waals surface area contributed by atoms with Crippen molar-refractivity contribution in [3.05, 3.63) is 71.0 Å². The molecule has 3 N–H and O–H groups in total. The van der Waals surface area contributed by atoms with Gasteiger partial charge in [0.1, 0.15) is 5.82 Å². The van der Waals surface area contributed by atoms with Gasteiger partial charge in [-0.25, -0.2) is 4.39 Å². The van der Waals surface area contributed by atoms with Crippen LogP contribution < -0.4 is 11.1 Å². The zero-order valence-electron chi connectivity index (χ0n) is 12.0. The smallest absolute Gasteiger partial charge is 0.231 e. The summed E-state index contributed by atoms with van der Waals surface area (Å²) in [4.78, 5) is 11.0. The lowest BCUT2D eigenvalue weighted by Gasteiger charge is -2.19. The molecule has 21 heavy (non-hydrogen) atoms. The van der Waals surface area contributed by atoms with E-state index in [2.05, 4.69) is 12.2 Å². The molecule has 2 rings (SSSR count). The Hall–Kier alpha value is -2.20. The Morgan fingerprint density at radius 2 is 1.90 bits per heavy atom. The molecule has 110 valence electrons. The fraction of sp³-hybridized carbons (Fsp3) is 0.235. The number of carbonyl (C=O) groups excluding carboxylic acids is 1. The quantitative estimate of drug-likeness (QED) is 0.857. The third-order valence-electron chi connectivity index (χ3n) is 3.38. The number of rotatable bonds is 6. The Morgan fingerprint density at radius 1 is 1.19 bits per heavy atom. The van der Waals surface area contributed by atoms with Crippen molar-refractivity contribution >= 4 is 5.91 Å². The molecule has 0 bridgehead atoms. The zero-order valence-corrected chi connectivity index (χ0v) is 12.0. The molecule has 1 amide bonds. The Bertz CT molecular complexity index is 610. The van der Waals surface area contributed by atoms with E-state index >= 15 is 0 Å². The minimum Gasteiger partial charge on any atom is -0.369 e. The van der Waals surface area contributed by atoms with E-state index in [4.69, 9.17) is 5.73 Å². The SMILES string of the molecule is CCc1ccc([C@@H](NCC(N)=O)c2cccc(F)c2)cc1. The monoisotopic (exact) mass is 286 g/mol. The summed E-state index contributed by atoms with van der Waals surface area (Å²) in [5.74, 6) is -0.745. The topological polar surface area (TPSA) is 55.1 Å². The van der Waals surface area contributed by atoms with Crippen molar-refractivity contribution < 1.29 is 9.18 Å². The molecule has 0 radical (unpaired) electrons. The second-order valence-electron chi connectivity index (χ2n) is 4.93. The first kappa shape index (κ1) is 15.2. The van der Waals surface area contributed by atoms with Crippen molar-refractivity contribution in [3.63, 3.8) is 0 Å². The van der Waals surface area contributed by atoms with Gasteiger partial charge in [0.05, 0.1) is 12.6 Å². The summed E-state index contributed by atoms with van der Waals surface area (Å²) in [7, 11) is 0. The highest BCUT2D eigenvalue weighted by Crippen LogP contribution is 2.23. The molecular weight excluding hydrogens is 267 g/mol. The van der Waals surface area contributed by atoms with Crippen LogP contribution in [0.3, 0.4) is 0 Å². The molecule has 0 saturated carbocycles. The summed E-state index contributed by atoms with van der Waals surface area (Å²) >= 11 is 0. The van der Waals surface area contributed by atoms with Gasteiger partial charge in [-0.15, -0.1) is 0 Å². The first-order valence-electron chi connectivity index (χ1n) is 6.96. The average Bonchev–Trinajstić information content (AvgIpc) is 2.48. The van der Waals surface area contributed by atoms with Crippen LogP contribution in [0.5, 0.6) is 0 Å². The van der Waals surface area contributed by atoms with Crippen molar-refractivity contribution in [2.75, 3.05) is 6.54 Å². The van der Waals surface area contributed by atoms with Gasteiger partial charge in [-0.3, -0.25) is 10.1 Å².